The number of likely N-dealkylation sites (tertiary alicyclic amines) is 1. The number of rotatable bonds is 3. The largest absolute Gasteiger partial charge is 0.372 e. The quantitative estimate of drug-likeness (QED) is 0.844. The molecule has 1 aromatic heterocycles. The standard InChI is InChI=1S/C18H26N4O2/c23-18(20-6-1-2-7-20)22-9-8-21-13-17(10-16(21)12-22)24-14-15-4-3-5-19-11-15/h3-5,11,16-17H,1-2,6-10,12-14H2/t16-,17+/m1/s1. The van der Waals surface area contributed by atoms with Crippen molar-refractivity contribution in [2.75, 3.05) is 39.3 Å². The van der Waals surface area contributed by atoms with Gasteiger partial charge in [-0.1, -0.05) is 6.07 Å². The monoisotopic (exact) mass is 330 g/mol. The van der Waals surface area contributed by atoms with Gasteiger partial charge in [-0.15, -0.1) is 0 Å². The molecule has 4 heterocycles. The molecule has 0 N–H and O–H groups in total. The van der Waals surface area contributed by atoms with Crippen molar-refractivity contribution in [3.63, 3.8) is 0 Å². The summed E-state index contributed by atoms with van der Waals surface area (Å²) >= 11 is 0. The normalized spacial score (nSPS) is 27.5. The molecule has 6 nitrogen and oxygen atoms in total. The van der Waals surface area contributed by atoms with Gasteiger partial charge in [0.2, 0.25) is 0 Å². The van der Waals surface area contributed by atoms with Crippen LogP contribution in [0.4, 0.5) is 4.79 Å². The Hall–Kier alpha value is -1.66. The van der Waals surface area contributed by atoms with Gasteiger partial charge in [0.1, 0.15) is 0 Å². The Morgan fingerprint density at radius 1 is 1.17 bits per heavy atom. The predicted octanol–water partition coefficient (Wildman–Crippen LogP) is 1.57. The smallest absolute Gasteiger partial charge is 0.320 e. The zero-order valence-corrected chi connectivity index (χ0v) is 14.1. The lowest BCUT2D eigenvalue weighted by molar-refractivity contribution is 0.0460. The molecule has 130 valence electrons. The third-order valence-electron chi connectivity index (χ3n) is 5.43. The number of hydrogen-bond acceptors (Lipinski definition) is 4. The van der Waals surface area contributed by atoms with Crippen molar-refractivity contribution in [2.45, 2.75) is 38.0 Å². The fourth-order valence-electron chi connectivity index (χ4n) is 4.10. The lowest BCUT2D eigenvalue weighted by Crippen LogP contribution is -2.54. The Balaban J connectivity index is 1.28. The summed E-state index contributed by atoms with van der Waals surface area (Å²) in [5.74, 6) is 0. The van der Waals surface area contributed by atoms with Crippen LogP contribution >= 0.6 is 0 Å². The van der Waals surface area contributed by atoms with E-state index in [9.17, 15) is 4.79 Å². The lowest BCUT2D eigenvalue weighted by atomic mass is 10.1. The van der Waals surface area contributed by atoms with Crippen LogP contribution in [-0.2, 0) is 11.3 Å². The van der Waals surface area contributed by atoms with Gasteiger partial charge in [-0.25, -0.2) is 4.79 Å². The van der Waals surface area contributed by atoms with Crippen LogP contribution in [0.1, 0.15) is 24.8 Å². The molecule has 0 spiro atoms. The molecule has 0 radical (unpaired) electrons. The number of urea groups is 1. The highest BCUT2D eigenvalue weighted by molar-refractivity contribution is 5.75. The number of piperazine rings is 1. The van der Waals surface area contributed by atoms with Crippen molar-refractivity contribution in [1.29, 1.82) is 0 Å². The van der Waals surface area contributed by atoms with Crippen LogP contribution in [0.15, 0.2) is 24.5 Å². The maximum atomic E-state index is 12.6. The van der Waals surface area contributed by atoms with Gasteiger partial charge in [-0.3, -0.25) is 9.88 Å². The second-order valence-corrected chi connectivity index (χ2v) is 7.10. The first-order valence-electron chi connectivity index (χ1n) is 9.08. The van der Waals surface area contributed by atoms with Crippen molar-refractivity contribution in [1.82, 2.24) is 19.7 Å². The summed E-state index contributed by atoms with van der Waals surface area (Å²) in [5.41, 5.74) is 1.12. The molecule has 3 aliphatic rings. The SMILES string of the molecule is O=C(N1CCCC1)N1CCN2C[C@@H](OCc3cccnc3)C[C@@H]2C1. The average molecular weight is 330 g/mol. The number of nitrogens with zero attached hydrogens (tertiary/aromatic N) is 4. The molecule has 0 aromatic carbocycles. The van der Waals surface area contributed by atoms with E-state index in [1.165, 1.54) is 0 Å². The summed E-state index contributed by atoms with van der Waals surface area (Å²) in [6.07, 6.45) is 7.23. The van der Waals surface area contributed by atoms with E-state index in [2.05, 4.69) is 14.8 Å². The van der Waals surface area contributed by atoms with Gasteiger partial charge in [-0.05, 0) is 30.9 Å². The number of carbonyl (C=O) groups is 1. The summed E-state index contributed by atoms with van der Waals surface area (Å²) in [7, 11) is 0. The van der Waals surface area contributed by atoms with Crippen LogP contribution in [0, 0.1) is 0 Å². The van der Waals surface area contributed by atoms with Crippen LogP contribution in [0.2, 0.25) is 0 Å². The van der Waals surface area contributed by atoms with E-state index in [1.807, 2.05) is 23.2 Å². The Morgan fingerprint density at radius 2 is 2.04 bits per heavy atom. The number of ether oxygens (including phenoxy) is 1. The summed E-state index contributed by atoms with van der Waals surface area (Å²) < 4.78 is 6.08. The Bertz CT molecular complexity index is 561. The summed E-state index contributed by atoms with van der Waals surface area (Å²) in [5, 5.41) is 0. The average Bonchev–Trinajstić information content (AvgIpc) is 3.29. The minimum absolute atomic E-state index is 0.242. The molecule has 6 heteroatoms. The Morgan fingerprint density at radius 3 is 2.83 bits per heavy atom. The minimum atomic E-state index is 0.242. The molecule has 2 amide bonds. The van der Waals surface area contributed by atoms with Crippen LogP contribution < -0.4 is 0 Å². The van der Waals surface area contributed by atoms with Crippen LogP contribution in [0.5, 0.6) is 0 Å². The molecular formula is C18H26N4O2. The third-order valence-corrected chi connectivity index (χ3v) is 5.43. The van der Waals surface area contributed by atoms with E-state index in [0.29, 0.717) is 12.6 Å². The Labute approximate surface area is 143 Å². The zero-order chi connectivity index (χ0) is 16.4. The first-order chi connectivity index (χ1) is 11.8. The predicted molar refractivity (Wildman–Crippen MR) is 90.6 cm³/mol. The highest BCUT2D eigenvalue weighted by Gasteiger charge is 2.38. The van der Waals surface area contributed by atoms with Crippen LogP contribution in [-0.4, -0.2) is 77.1 Å². The van der Waals surface area contributed by atoms with E-state index in [-0.39, 0.29) is 12.1 Å². The van der Waals surface area contributed by atoms with E-state index < -0.39 is 0 Å². The second kappa shape index (κ2) is 7.07. The van der Waals surface area contributed by atoms with Crippen molar-refractivity contribution in [3.05, 3.63) is 30.1 Å². The minimum Gasteiger partial charge on any atom is -0.372 e. The molecule has 2 atom stereocenters. The fraction of sp³-hybridized carbons (Fsp3) is 0.667. The maximum Gasteiger partial charge on any atom is 0.320 e. The van der Waals surface area contributed by atoms with E-state index in [4.69, 9.17) is 4.74 Å². The molecule has 4 rings (SSSR count). The van der Waals surface area contributed by atoms with Crippen molar-refractivity contribution < 1.29 is 9.53 Å². The zero-order valence-electron chi connectivity index (χ0n) is 14.1. The van der Waals surface area contributed by atoms with Crippen molar-refractivity contribution >= 4 is 6.03 Å². The van der Waals surface area contributed by atoms with E-state index >= 15 is 0 Å². The molecule has 0 unspecified atom stereocenters. The number of pyridine rings is 1. The van der Waals surface area contributed by atoms with Crippen LogP contribution in [0.3, 0.4) is 0 Å². The lowest BCUT2D eigenvalue weighted by Gasteiger charge is -2.38. The molecule has 3 aliphatic heterocycles. The fourth-order valence-corrected chi connectivity index (χ4v) is 4.10. The van der Waals surface area contributed by atoms with E-state index in [0.717, 1.165) is 64.1 Å². The van der Waals surface area contributed by atoms with Gasteiger partial charge in [0, 0.05) is 57.7 Å². The Kier molecular flexibility index (Phi) is 4.67. The first kappa shape index (κ1) is 15.8. The van der Waals surface area contributed by atoms with E-state index in [1.54, 1.807) is 6.20 Å². The molecule has 0 bridgehead atoms. The van der Waals surface area contributed by atoms with Gasteiger partial charge in [-0.2, -0.15) is 0 Å². The molecule has 24 heavy (non-hydrogen) atoms. The highest BCUT2D eigenvalue weighted by atomic mass is 16.5. The van der Waals surface area contributed by atoms with Gasteiger partial charge < -0.3 is 14.5 Å². The van der Waals surface area contributed by atoms with Gasteiger partial charge in [0.05, 0.1) is 12.7 Å². The van der Waals surface area contributed by atoms with Crippen molar-refractivity contribution in [2.24, 2.45) is 0 Å². The summed E-state index contributed by atoms with van der Waals surface area (Å²) in [4.78, 5) is 23.3. The van der Waals surface area contributed by atoms with Crippen molar-refractivity contribution in [3.8, 4) is 0 Å². The molecular weight excluding hydrogens is 304 g/mol. The van der Waals surface area contributed by atoms with Gasteiger partial charge >= 0.3 is 6.03 Å². The third kappa shape index (κ3) is 3.39. The number of aromatic nitrogens is 1. The molecule has 3 saturated heterocycles. The first-order valence-corrected chi connectivity index (χ1v) is 9.08. The number of amides is 2. The summed E-state index contributed by atoms with van der Waals surface area (Å²) in [6.45, 7) is 6.13. The van der Waals surface area contributed by atoms with Gasteiger partial charge in [0.25, 0.3) is 0 Å². The molecule has 0 saturated carbocycles. The molecule has 3 fully saturated rings. The summed E-state index contributed by atoms with van der Waals surface area (Å²) in [6, 6.07) is 4.68. The maximum absolute atomic E-state index is 12.6. The second-order valence-electron chi connectivity index (χ2n) is 7.10. The molecule has 0 aliphatic carbocycles. The molecule has 1 aromatic rings. The number of fused-ring (bicyclic) bond motifs is 1. The number of carbonyl (C=O) groups excluding carboxylic acids is 1. The van der Waals surface area contributed by atoms with Crippen LogP contribution in [0.25, 0.3) is 0 Å². The van der Waals surface area contributed by atoms with Gasteiger partial charge in [0.15, 0.2) is 0 Å². The highest BCUT2D eigenvalue weighted by Crippen LogP contribution is 2.25. The topological polar surface area (TPSA) is 48.9 Å². The number of hydrogen-bond donors (Lipinski definition) is 0.